The molecule has 0 spiro atoms. The number of hydrogen-bond acceptors (Lipinski definition) is 2. The van der Waals surface area contributed by atoms with Crippen molar-refractivity contribution < 1.29 is 27.0 Å². The molecule has 0 amide bonds. The molecule has 25 heavy (non-hydrogen) atoms. The predicted octanol–water partition coefficient (Wildman–Crippen LogP) is 6.17. The van der Waals surface area contributed by atoms with Crippen molar-refractivity contribution in [2.45, 2.75) is 58.4 Å². The maximum absolute atomic E-state index is 14.0. The molecule has 0 aromatic heterocycles. The summed E-state index contributed by atoms with van der Waals surface area (Å²) in [5.41, 5.74) is 0.484. The third kappa shape index (κ3) is 7.06. The molecule has 2 nitrogen and oxygen atoms in total. The van der Waals surface area contributed by atoms with E-state index in [-0.39, 0.29) is 24.7 Å². The van der Waals surface area contributed by atoms with Gasteiger partial charge in [0.25, 0.3) is 0 Å². The molecule has 6 heteroatoms. The standard InChI is InChI=1S/C19H24F4O2/c1-2-3-14-4-6-15(7-5-14)12-19(22,23)24-13-16-8-10-17(11-9-16)25-18(20)21/h2-3,8-11,14-15,18H,4-7,12-13H2,1H3/b3-2+/t14-,15-. The minimum atomic E-state index is -3.18. The number of ether oxygens (including phenoxy) is 2. The molecule has 1 fully saturated rings. The van der Waals surface area contributed by atoms with E-state index in [4.69, 9.17) is 4.74 Å². The summed E-state index contributed by atoms with van der Waals surface area (Å²) in [4.78, 5) is 0. The molecule has 0 aliphatic heterocycles. The Kier molecular flexibility index (Phi) is 7.29. The third-order valence-electron chi connectivity index (χ3n) is 4.48. The Balaban J connectivity index is 1.77. The van der Waals surface area contributed by atoms with Crippen LogP contribution < -0.4 is 4.74 Å². The van der Waals surface area contributed by atoms with Crippen molar-refractivity contribution in [3.63, 3.8) is 0 Å². The zero-order valence-electron chi connectivity index (χ0n) is 14.3. The van der Waals surface area contributed by atoms with E-state index in [2.05, 4.69) is 10.8 Å². The van der Waals surface area contributed by atoms with Crippen molar-refractivity contribution >= 4 is 0 Å². The lowest BCUT2D eigenvalue weighted by Gasteiger charge is -2.29. The van der Waals surface area contributed by atoms with E-state index in [1.54, 1.807) is 0 Å². The van der Waals surface area contributed by atoms with Gasteiger partial charge in [-0.15, -0.1) is 0 Å². The minimum Gasteiger partial charge on any atom is -0.435 e. The van der Waals surface area contributed by atoms with Gasteiger partial charge >= 0.3 is 12.7 Å². The molecule has 0 bridgehead atoms. The van der Waals surface area contributed by atoms with Gasteiger partial charge < -0.3 is 9.47 Å². The zero-order valence-corrected chi connectivity index (χ0v) is 14.3. The highest BCUT2D eigenvalue weighted by Gasteiger charge is 2.35. The normalized spacial score (nSPS) is 21.8. The molecular weight excluding hydrogens is 336 g/mol. The minimum absolute atomic E-state index is 0.0107. The van der Waals surface area contributed by atoms with Gasteiger partial charge in [0.15, 0.2) is 0 Å². The van der Waals surface area contributed by atoms with Gasteiger partial charge in [-0.1, -0.05) is 24.3 Å². The van der Waals surface area contributed by atoms with Gasteiger partial charge in [-0.25, -0.2) is 0 Å². The average Bonchev–Trinajstić information content (AvgIpc) is 2.56. The van der Waals surface area contributed by atoms with Gasteiger partial charge in [0.05, 0.1) is 6.61 Å². The molecule has 1 aliphatic carbocycles. The van der Waals surface area contributed by atoms with E-state index in [1.165, 1.54) is 24.3 Å². The first-order chi connectivity index (χ1) is 11.9. The van der Waals surface area contributed by atoms with Crippen LogP contribution in [0.1, 0.15) is 44.6 Å². The summed E-state index contributed by atoms with van der Waals surface area (Å²) in [6.45, 7) is -1.20. The molecule has 0 saturated heterocycles. The van der Waals surface area contributed by atoms with Gasteiger partial charge in [0.1, 0.15) is 5.75 Å². The Morgan fingerprint density at radius 1 is 1.12 bits per heavy atom. The first kappa shape index (κ1) is 19.8. The van der Waals surface area contributed by atoms with E-state index in [0.717, 1.165) is 25.7 Å². The zero-order chi connectivity index (χ0) is 18.3. The van der Waals surface area contributed by atoms with Crippen molar-refractivity contribution in [3.8, 4) is 5.75 Å². The lowest BCUT2D eigenvalue weighted by molar-refractivity contribution is -0.256. The van der Waals surface area contributed by atoms with Gasteiger partial charge in [-0.3, -0.25) is 0 Å². The number of allylic oxidation sites excluding steroid dienone is 2. The van der Waals surface area contributed by atoms with Crippen LogP contribution in [0.5, 0.6) is 5.75 Å². The monoisotopic (exact) mass is 360 g/mol. The predicted molar refractivity (Wildman–Crippen MR) is 87.7 cm³/mol. The Bertz CT molecular complexity index is 535. The Morgan fingerprint density at radius 2 is 1.76 bits per heavy atom. The third-order valence-corrected chi connectivity index (χ3v) is 4.48. The van der Waals surface area contributed by atoms with Crippen molar-refractivity contribution in [3.05, 3.63) is 42.0 Å². The van der Waals surface area contributed by atoms with E-state index in [0.29, 0.717) is 11.5 Å². The molecule has 0 heterocycles. The van der Waals surface area contributed by atoms with Gasteiger partial charge in [-0.05, 0) is 62.1 Å². The lowest BCUT2D eigenvalue weighted by Crippen LogP contribution is -2.26. The van der Waals surface area contributed by atoms with Crippen LogP contribution >= 0.6 is 0 Å². The topological polar surface area (TPSA) is 18.5 Å². The van der Waals surface area contributed by atoms with Crippen molar-refractivity contribution in [2.75, 3.05) is 0 Å². The molecule has 1 aromatic rings. The van der Waals surface area contributed by atoms with Crippen LogP contribution in [0.3, 0.4) is 0 Å². The van der Waals surface area contributed by atoms with E-state index in [9.17, 15) is 17.6 Å². The SMILES string of the molecule is C/C=C/[C@H]1CC[C@H](CC(F)(F)OCc2ccc(OC(F)F)cc2)CC1. The average molecular weight is 360 g/mol. The van der Waals surface area contributed by atoms with E-state index in [1.807, 2.05) is 13.0 Å². The molecule has 140 valence electrons. The molecule has 0 unspecified atom stereocenters. The Labute approximate surface area is 145 Å². The summed E-state index contributed by atoms with van der Waals surface area (Å²) in [6, 6.07) is 5.50. The number of benzene rings is 1. The second kappa shape index (κ2) is 9.22. The summed E-state index contributed by atoms with van der Waals surface area (Å²) >= 11 is 0. The lowest BCUT2D eigenvalue weighted by atomic mass is 9.80. The first-order valence-corrected chi connectivity index (χ1v) is 8.56. The number of hydrogen-bond donors (Lipinski definition) is 0. The van der Waals surface area contributed by atoms with Crippen molar-refractivity contribution in [1.29, 1.82) is 0 Å². The second-order valence-corrected chi connectivity index (χ2v) is 6.46. The summed E-state index contributed by atoms with van der Waals surface area (Å²) in [7, 11) is 0. The van der Waals surface area contributed by atoms with Gasteiger partial charge in [0, 0.05) is 6.42 Å². The number of alkyl halides is 4. The van der Waals surface area contributed by atoms with Crippen LogP contribution in [0, 0.1) is 11.8 Å². The molecule has 0 atom stereocenters. The van der Waals surface area contributed by atoms with Crippen LogP contribution in [-0.4, -0.2) is 12.7 Å². The Morgan fingerprint density at radius 3 is 2.32 bits per heavy atom. The Hall–Kier alpha value is -1.56. The molecule has 1 saturated carbocycles. The first-order valence-electron chi connectivity index (χ1n) is 8.56. The van der Waals surface area contributed by atoms with Crippen molar-refractivity contribution in [1.82, 2.24) is 0 Å². The highest BCUT2D eigenvalue weighted by atomic mass is 19.3. The van der Waals surface area contributed by atoms with Crippen molar-refractivity contribution in [2.24, 2.45) is 11.8 Å². The maximum atomic E-state index is 14.0. The van der Waals surface area contributed by atoms with Crippen LogP contribution in [0.25, 0.3) is 0 Å². The quantitative estimate of drug-likeness (QED) is 0.408. The summed E-state index contributed by atoms with van der Waals surface area (Å²) in [5, 5.41) is 0. The largest absolute Gasteiger partial charge is 0.435 e. The fourth-order valence-corrected chi connectivity index (χ4v) is 3.21. The van der Waals surface area contributed by atoms with Gasteiger partial charge in [-0.2, -0.15) is 17.6 Å². The fraction of sp³-hybridized carbons (Fsp3) is 0.579. The fourth-order valence-electron chi connectivity index (χ4n) is 3.21. The molecule has 1 aliphatic rings. The number of rotatable bonds is 8. The smallest absolute Gasteiger partial charge is 0.387 e. The molecule has 0 N–H and O–H groups in total. The molecule has 1 aromatic carbocycles. The molecular formula is C19H24F4O2. The second-order valence-electron chi connectivity index (χ2n) is 6.46. The van der Waals surface area contributed by atoms with Crippen LogP contribution in [0.2, 0.25) is 0 Å². The summed E-state index contributed by atoms with van der Waals surface area (Å²) < 4.78 is 61.2. The summed E-state index contributed by atoms with van der Waals surface area (Å²) in [6.07, 6.45) is 4.15. The highest BCUT2D eigenvalue weighted by Crippen LogP contribution is 2.37. The molecule has 2 rings (SSSR count). The number of halogens is 4. The maximum Gasteiger partial charge on any atom is 0.387 e. The molecule has 0 radical (unpaired) electrons. The highest BCUT2D eigenvalue weighted by molar-refractivity contribution is 5.26. The summed E-state index contributed by atoms with van der Waals surface area (Å²) in [5.74, 6) is 0.464. The van der Waals surface area contributed by atoms with Crippen LogP contribution in [0.4, 0.5) is 17.6 Å². The van der Waals surface area contributed by atoms with E-state index < -0.39 is 12.7 Å². The van der Waals surface area contributed by atoms with E-state index >= 15 is 0 Å². The van der Waals surface area contributed by atoms with Crippen LogP contribution in [-0.2, 0) is 11.3 Å². The van der Waals surface area contributed by atoms with Gasteiger partial charge in [0.2, 0.25) is 0 Å². The van der Waals surface area contributed by atoms with Crippen LogP contribution in [0.15, 0.2) is 36.4 Å².